The molecular formula is C15H31Cl2N3O. The van der Waals surface area contributed by atoms with E-state index in [2.05, 4.69) is 28.5 Å². The van der Waals surface area contributed by atoms with E-state index < -0.39 is 0 Å². The van der Waals surface area contributed by atoms with Crippen molar-refractivity contribution >= 4 is 30.7 Å². The smallest absolute Gasteiger partial charge is 0.222 e. The lowest BCUT2D eigenvalue weighted by Gasteiger charge is -2.41. The zero-order valence-corrected chi connectivity index (χ0v) is 15.2. The Bertz CT molecular complexity index is 299. The van der Waals surface area contributed by atoms with Crippen LogP contribution in [-0.2, 0) is 4.79 Å². The van der Waals surface area contributed by atoms with Crippen LogP contribution in [0.2, 0.25) is 0 Å². The number of nitrogens with zero attached hydrogens (tertiary/aromatic N) is 3. The van der Waals surface area contributed by atoms with Gasteiger partial charge in [0.15, 0.2) is 0 Å². The van der Waals surface area contributed by atoms with Crippen molar-refractivity contribution < 1.29 is 4.79 Å². The summed E-state index contributed by atoms with van der Waals surface area (Å²) in [6.45, 7) is 13.2. The van der Waals surface area contributed by atoms with Crippen molar-refractivity contribution in [2.75, 3.05) is 39.3 Å². The fourth-order valence-electron chi connectivity index (χ4n) is 3.59. The van der Waals surface area contributed by atoms with Crippen LogP contribution >= 0.6 is 24.8 Å². The van der Waals surface area contributed by atoms with Crippen LogP contribution in [0.25, 0.3) is 0 Å². The molecule has 1 amide bonds. The summed E-state index contributed by atoms with van der Waals surface area (Å²) in [6, 6.07) is 0.978. The first-order valence-corrected chi connectivity index (χ1v) is 7.95. The zero-order chi connectivity index (χ0) is 13.8. The predicted molar refractivity (Wildman–Crippen MR) is 92.7 cm³/mol. The maximum absolute atomic E-state index is 12.0. The van der Waals surface area contributed by atoms with Gasteiger partial charge in [-0.15, -0.1) is 24.8 Å². The lowest BCUT2D eigenvalue weighted by Crippen LogP contribution is -2.56. The second-order valence-corrected chi connectivity index (χ2v) is 5.83. The van der Waals surface area contributed by atoms with Gasteiger partial charge in [0.25, 0.3) is 0 Å². The van der Waals surface area contributed by atoms with E-state index in [1.807, 2.05) is 6.92 Å². The Morgan fingerprint density at radius 2 is 1.57 bits per heavy atom. The van der Waals surface area contributed by atoms with Crippen LogP contribution in [0.5, 0.6) is 0 Å². The van der Waals surface area contributed by atoms with E-state index in [1.165, 1.54) is 12.8 Å². The molecule has 2 aliphatic rings. The average molecular weight is 340 g/mol. The third-order valence-electron chi connectivity index (χ3n) is 4.78. The Morgan fingerprint density at radius 1 is 1.05 bits per heavy atom. The summed E-state index contributed by atoms with van der Waals surface area (Å²) in [5.74, 6) is 0.357. The van der Waals surface area contributed by atoms with Crippen molar-refractivity contribution in [2.24, 2.45) is 0 Å². The molecule has 2 fully saturated rings. The summed E-state index contributed by atoms with van der Waals surface area (Å²) in [4.78, 5) is 19.2. The summed E-state index contributed by atoms with van der Waals surface area (Å²) in [5, 5.41) is 0. The molecule has 0 aromatic heterocycles. The van der Waals surface area contributed by atoms with Gasteiger partial charge < -0.3 is 9.80 Å². The summed E-state index contributed by atoms with van der Waals surface area (Å²) in [5.41, 5.74) is 0. The van der Waals surface area contributed by atoms with Gasteiger partial charge in [-0.3, -0.25) is 9.69 Å². The molecule has 2 saturated heterocycles. The molecule has 2 heterocycles. The van der Waals surface area contributed by atoms with E-state index in [9.17, 15) is 4.79 Å². The second-order valence-electron chi connectivity index (χ2n) is 5.83. The van der Waals surface area contributed by atoms with Crippen LogP contribution in [0.15, 0.2) is 0 Å². The number of carbonyl (C=O) groups excluding carboxylic acids is 1. The van der Waals surface area contributed by atoms with Gasteiger partial charge in [0, 0.05) is 44.7 Å². The highest BCUT2D eigenvalue weighted by Crippen LogP contribution is 2.30. The highest BCUT2D eigenvalue weighted by atomic mass is 35.5. The van der Waals surface area contributed by atoms with E-state index in [1.54, 1.807) is 0 Å². The molecule has 0 N–H and O–H groups in total. The van der Waals surface area contributed by atoms with E-state index in [0.29, 0.717) is 24.4 Å². The Labute approximate surface area is 142 Å². The Hall–Kier alpha value is -0.0300. The highest BCUT2D eigenvalue weighted by Gasteiger charge is 2.41. The Kier molecular flexibility index (Phi) is 9.87. The van der Waals surface area contributed by atoms with E-state index >= 15 is 0 Å². The standard InChI is InChI=1S/C15H29N3O.2ClH/c1-4-15(19)18-13-7-8-14(18)12-17(11-13)10-9-16(5-2)6-3;;/h13-14H,4-12H2,1-3H3;2*1H. The molecule has 2 rings (SSSR count). The van der Waals surface area contributed by atoms with Crippen molar-refractivity contribution in [1.82, 2.24) is 14.7 Å². The van der Waals surface area contributed by atoms with Gasteiger partial charge >= 0.3 is 0 Å². The fourth-order valence-corrected chi connectivity index (χ4v) is 3.59. The maximum atomic E-state index is 12.0. The van der Waals surface area contributed by atoms with E-state index in [0.717, 1.165) is 39.3 Å². The number of fused-ring (bicyclic) bond motifs is 2. The number of hydrogen-bond acceptors (Lipinski definition) is 3. The van der Waals surface area contributed by atoms with Gasteiger partial charge in [-0.25, -0.2) is 0 Å². The first-order valence-electron chi connectivity index (χ1n) is 7.95. The zero-order valence-electron chi connectivity index (χ0n) is 13.6. The van der Waals surface area contributed by atoms with Gasteiger partial charge in [0.2, 0.25) is 5.91 Å². The number of amides is 1. The van der Waals surface area contributed by atoms with Gasteiger partial charge in [-0.1, -0.05) is 20.8 Å². The molecule has 2 atom stereocenters. The van der Waals surface area contributed by atoms with Gasteiger partial charge in [-0.05, 0) is 25.9 Å². The second kappa shape index (κ2) is 9.88. The van der Waals surface area contributed by atoms with Crippen molar-refractivity contribution in [3.05, 3.63) is 0 Å². The van der Waals surface area contributed by atoms with Crippen molar-refractivity contribution in [3.63, 3.8) is 0 Å². The van der Waals surface area contributed by atoms with E-state index in [4.69, 9.17) is 0 Å². The van der Waals surface area contributed by atoms with Gasteiger partial charge in [0.05, 0.1) is 0 Å². The third kappa shape index (κ3) is 4.98. The van der Waals surface area contributed by atoms with Crippen LogP contribution in [-0.4, -0.2) is 72.0 Å². The van der Waals surface area contributed by atoms with Crippen LogP contribution in [0, 0.1) is 0 Å². The number of halogens is 2. The molecule has 0 aliphatic carbocycles. The molecule has 126 valence electrons. The molecule has 0 aromatic carbocycles. The molecule has 0 spiro atoms. The number of rotatable bonds is 6. The molecule has 4 nitrogen and oxygen atoms in total. The minimum Gasteiger partial charge on any atom is -0.334 e. The van der Waals surface area contributed by atoms with Gasteiger partial charge in [-0.2, -0.15) is 0 Å². The van der Waals surface area contributed by atoms with Gasteiger partial charge in [0.1, 0.15) is 0 Å². The molecule has 2 unspecified atom stereocenters. The molecule has 2 aliphatic heterocycles. The lowest BCUT2D eigenvalue weighted by atomic mass is 10.1. The monoisotopic (exact) mass is 339 g/mol. The predicted octanol–water partition coefficient (Wildman–Crippen LogP) is 2.26. The normalized spacial score (nSPS) is 24.7. The molecule has 0 saturated carbocycles. The quantitative estimate of drug-likeness (QED) is 0.742. The maximum Gasteiger partial charge on any atom is 0.222 e. The van der Waals surface area contributed by atoms with Crippen LogP contribution in [0.4, 0.5) is 0 Å². The molecular weight excluding hydrogens is 309 g/mol. The number of hydrogen-bond donors (Lipinski definition) is 0. The molecule has 0 aromatic rings. The third-order valence-corrected chi connectivity index (χ3v) is 4.78. The minimum absolute atomic E-state index is 0. The summed E-state index contributed by atoms with van der Waals surface area (Å²) in [7, 11) is 0. The average Bonchev–Trinajstić information content (AvgIpc) is 2.70. The number of carbonyl (C=O) groups is 1. The van der Waals surface area contributed by atoms with Crippen LogP contribution in [0.1, 0.15) is 40.0 Å². The summed E-state index contributed by atoms with van der Waals surface area (Å²) < 4.78 is 0. The SMILES string of the molecule is CCC(=O)N1C2CCC1CN(CCN(CC)CC)C2.Cl.Cl. The number of piperazine rings is 1. The first kappa shape index (κ1) is 21.0. The minimum atomic E-state index is 0. The Morgan fingerprint density at radius 3 is 2.00 bits per heavy atom. The molecule has 0 radical (unpaired) electrons. The topological polar surface area (TPSA) is 26.8 Å². The summed E-state index contributed by atoms with van der Waals surface area (Å²) >= 11 is 0. The lowest BCUT2D eigenvalue weighted by molar-refractivity contribution is -0.136. The molecule has 21 heavy (non-hydrogen) atoms. The van der Waals surface area contributed by atoms with Crippen molar-refractivity contribution in [3.8, 4) is 0 Å². The number of likely N-dealkylation sites (N-methyl/N-ethyl adjacent to an activating group) is 1. The molecule has 6 heteroatoms. The highest BCUT2D eigenvalue weighted by molar-refractivity contribution is 5.85. The largest absolute Gasteiger partial charge is 0.334 e. The van der Waals surface area contributed by atoms with Crippen LogP contribution < -0.4 is 0 Å². The van der Waals surface area contributed by atoms with Crippen LogP contribution in [0.3, 0.4) is 0 Å². The Balaban J connectivity index is 0.00000200. The number of likely N-dealkylation sites (tertiary alicyclic amines) is 1. The molecule has 2 bridgehead atoms. The first-order chi connectivity index (χ1) is 9.19. The fraction of sp³-hybridized carbons (Fsp3) is 0.933. The van der Waals surface area contributed by atoms with Crippen molar-refractivity contribution in [1.29, 1.82) is 0 Å². The summed E-state index contributed by atoms with van der Waals surface area (Å²) in [6.07, 6.45) is 3.07. The van der Waals surface area contributed by atoms with Crippen molar-refractivity contribution in [2.45, 2.75) is 52.1 Å². The van der Waals surface area contributed by atoms with E-state index in [-0.39, 0.29) is 24.8 Å².